The lowest BCUT2D eigenvalue weighted by Crippen LogP contribution is -2.58. The summed E-state index contributed by atoms with van der Waals surface area (Å²) in [5.41, 5.74) is -5.09. The number of phenolic OH excluding ortho intramolecular Hbond substituents is 3. The maximum atomic E-state index is 13.8. The third-order valence-electron chi connectivity index (χ3n) is 8.83. The number of benzene rings is 2. The molecule has 262 valence electrons. The Hall–Kier alpha value is -5.06. The molecule has 2 aromatic rings. The van der Waals surface area contributed by atoms with Crippen LogP contribution in [0.4, 0.5) is 0 Å². The van der Waals surface area contributed by atoms with Crippen LogP contribution in [-0.4, -0.2) is 99.8 Å². The fourth-order valence-corrected chi connectivity index (χ4v) is 6.77. The van der Waals surface area contributed by atoms with Gasteiger partial charge in [0.05, 0.1) is 42.1 Å². The van der Waals surface area contributed by atoms with Crippen LogP contribution in [0.5, 0.6) is 17.2 Å². The third-order valence-corrected chi connectivity index (χ3v) is 8.83. The maximum absolute atomic E-state index is 13.8. The molecule has 0 unspecified atom stereocenters. The van der Waals surface area contributed by atoms with Crippen molar-refractivity contribution in [2.24, 2.45) is 0 Å². The van der Waals surface area contributed by atoms with Gasteiger partial charge in [-0.1, -0.05) is 19.1 Å². The first-order valence-corrected chi connectivity index (χ1v) is 15.2. The summed E-state index contributed by atoms with van der Waals surface area (Å²) in [6.07, 6.45) is -8.30. The van der Waals surface area contributed by atoms with Crippen LogP contribution < -0.4 is 0 Å². The second kappa shape index (κ2) is 13.1. The quantitative estimate of drug-likeness (QED) is 0.157. The summed E-state index contributed by atoms with van der Waals surface area (Å²) in [6.45, 7) is 4.25. The van der Waals surface area contributed by atoms with Crippen molar-refractivity contribution in [3.63, 3.8) is 0 Å². The number of hydrogen-bond acceptors (Lipinski definition) is 16. The van der Waals surface area contributed by atoms with Crippen LogP contribution in [0.15, 0.2) is 18.2 Å². The first-order chi connectivity index (χ1) is 23.1. The van der Waals surface area contributed by atoms with Gasteiger partial charge in [-0.3, -0.25) is 28.8 Å². The van der Waals surface area contributed by atoms with Crippen LogP contribution in [0.1, 0.15) is 95.5 Å². The average Bonchev–Trinajstić information content (AvgIpc) is 3.02. The van der Waals surface area contributed by atoms with Gasteiger partial charge in [0, 0.05) is 43.9 Å². The monoisotopic (exact) mass is 686 g/mol. The second-order valence-corrected chi connectivity index (χ2v) is 11.9. The fourth-order valence-electron chi connectivity index (χ4n) is 6.77. The summed E-state index contributed by atoms with van der Waals surface area (Å²) in [4.78, 5) is 76.9. The summed E-state index contributed by atoms with van der Waals surface area (Å²) in [5, 5.41) is 46.0. The Morgan fingerprint density at radius 3 is 2.04 bits per heavy atom. The number of ether oxygens (including phenoxy) is 6. The number of esters is 4. The number of ketones is 2. The molecule has 0 spiro atoms. The summed E-state index contributed by atoms with van der Waals surface area (Å²) < 4.78 is 32.9. The zero-order chi connectivity index (χ0) is 36.1. The van der Waals surface area contributed by atoms with Gasteiger partial charge in [0.15, 0.2) is 30.4 Å². The Morgan fingerprint density at radius 1 is 0.857 bits per heavy atom. The molecule has 7 atom stereocenters. The summed E-state index contributed by atoms with van der Waals surface area (Å²) in [7, 11) is 1.03. The van der Waals surface area contributed by atoms with Crippen LogP contribution in [0, 0.1) is 0 Å². The van der Waals surface area contributed by atoms with E-state index in [0.717, 1.165) is 33.9 Å². The average molecular weight is 687 g/mol. The van der Waals surface area contributed by atoms with Crippen LogP contribution in [-0.2, 0) is 47.6 Å². The lowest BCUT2D eigenvalue weighted by molar-refractivity contribution is -0.296. The molecule has 4 N–H and O–H groups in total. The van der Waals surface area contributed by atoms with Crippen LogP contribution in [0.3, 0.4) is 0 Å². The van der Waals surface area contributed by atoms with Crippen molar-refractivity contribution >= 4 is 35.4 Å². The summed E-state index contributed by atoms with van der Waals surface area (Å²) in [5.74, 6) is -9.70. The van der Waals surface area contributed by atoms with Crippen molar-refractivity contribution in [2.75, 3.05) is 13.7 Å². The molecule has 2 aliphatic carbocycles. The minimum atomic E-state index is -2.08. The van der Waals surface area contributed by atoms with E-state index in [1.54, 1.807) is 0 Å². The van der Waals surface area contributed by atoms with Crippen LogP contribution in [0.25, 0.3) is 0 Å². The van der Waals surface area contributed by atoms with Gasteiger partial charge in [-0.2, -0.15) is 0 Å². The molecule has 0 radical (unpaired) electrons. The Kier molecular flexibility index (Phi) is 9.42. The Bertz CT molecular complexity index is 1760. The number of carbonyl (C=O) groups excluding carboxylic acids is 6. The summed E-state index contributed by atoms with van der Waals surface area (Å²) in [6, 6.07) is 3.69. The van der Waals surface area contributed by atoms with E-state index in [4.69, 9.17) is 28.4 Å². The molecule has 49 heavy (non-hydrogen) atoms. The van der Waals surface area contributed by atoms with Gasteiger partial charge >= 0.3 is 23.9 Å². The number of aliphatic hydroxyl groups is 1. The normalized spacial score (nSPS) is 27.2. The molecule has 16 nitrogen and oxygen atoms in total. The predicted octanol–water partition coefficient (Wildman–Crippen LogP) is 1.59. The van der Waals surface area contributed by atoms with E-state index >= 15 is 0 Å². The number of methoxy groups -OCH3 is 1. The SMILES string of the molecule is CC[C@@]1(O)C[C@H](O[C@@H]2OC[C@@H](OC(C)=O)[C@@H](OC(C)=O)[C@@H]2OC(C)=O)c2c(O)c3c(c(O)c2[C@H]1C(=O)OC)C(=O)c1cccc(O)c1C3=O. The summed E-state index contributed by atoms with van der Waals surface area (Å²) >= 11 is 0. The Balaban J connectivity index is 1.72. The number of hydrogen-bond donors (Lipinski definition) is 4. The van der Waals surface area contributed by atoms with Crippen molar-refractivity contribution in [2.45, 2.75) is 82.8 Å². The molecule has 1 fully saturated rings. The van der Waals surface area contributed by atoms with E-state index in [2.05, 4.69) is 0 Å². The maximum Gasteiger partial charge on any atom is 0.316 e. The number of aromatic hydroxyl groups is 3. The smallest absolute Gasteiger partial charge is 0.316 e. The standard InChI is InChI=1S/C33H34O16/c1-6-33(43)10-17(49-32-30(48-14(4)36)29(47-13(3)35)18(11-45-32)46-12(2)34)20-21(24(33)31(42)44-5)28(41)22-23(27(20)40)26(39)19-15(25(22)38)8-7-9-16(19)37/h7-9,17-18,24,29-30,32,37,40-41,43H,6,10-11H2,1-5H3/t17-,18+,24-,29+,30-,32-,33+/m0/s1. The van der Waals surface area contributed by atoms with Gasteiger partial charge in [-0.05, 0) is 12.5 Å². The molecule has 5 rings (SSSR count). The van der Waals surface area contributed by atoms with Gasteiger partial charge in [0.1, 0.15) is 23.2 Å². The Labute approximate surface area is 278 Å². The lowest BCUT2D eigenvalue weighted by Gasteiger charge is -2.46. The molecule has 0 aromatic heterocycles. The zero-order valence-electron chi connectivity index (χ0n) is 27.0. The highest BCUT2D eigenvalue weighted by Crippen LogP contribution is 2.57. The zero-order valence-corrected chi connectivity index (χ0v) is 27.0. The van der Waals surface area contributed by atoms with Crippen LogP contribution in [0.2, 0.25) is 0 Å². The third kappa shape index (κ3) is 5.95. The molecular weight excluding hydrogens is 652 g/mol. The highest BCUT2D eigenvalue weighted by atomic mass is 16.7. The highest BCUT2D eigenvalue weighted by Gasteiger charge is 2.56. The van der Waals surface area contributed by atoms with E-state index in [9.17, 15) is 49.2 Å². The number of carbonyl (C=O) groups is 6. The molecule has 0 amide bonds. The van der Waals surface area contributed by atoms with Gasteiger partial charge in [-0.25, -0.2) is 0 Å². The van der Waals surface area contributed by atoms with Crippen molar-refractivity contribution < 1.29 is 77.6 Å². The van der Waals surface area contributed by atoms with E-state index < -0.39 is 136 Å². The van der Waals surface area contributed by atoms with Crippen molar-refractivity contribution in [3.05, 3.63) is 51.6 Å². The molecule has 0 bridgehead atoms. The Morgan fingerprint density at radius 2 is 1.45 bits per heavy atom. The first kappa shape index (κ1) is 35.3. The topological polar surface area (TPSA) is 239 Å². The first-order valence-electron chi connectivity index (χ1n) is 15.2. The van der Waals surface area contributed by atoms with Gasteiger partial charge in [0.2, 0.25) is 5.78 Å². The predicted molar refractivity (Wildman–Crippen MR) is 160 cm³/mol. The largest absolute Gasteiger partial charge is 0.507 e. The van der Waals surface area contributed by atoms with Crippen LogP contribution >= 0.6 is 0 Å². The molecule has 0 saturated carbocycles. The van der Waals surface area contributed by atoms with Crippen molar-refractivity contribution in [1.29, 1.82) is 0 Å². The molecular formula is C33H34O16. The van der Waals surface area contributed by atoms with Crippen molar-refractivity contribution in [3.8, 4) is 17.2 Å². The molecule has 16 heteroatoms. The number of rotatable bonds is 7. The van der Waals surface area contributed by atoms with E-state index in [-0.39, 0.29) is 12.0 Å². The molecule has 2 aromatic carbocycles. The van der Waals surface area contributed by atoms with Gasteiger partial charge < -0.3 is 48.8 Å². The molecule has 3 aliphatic rings. The van der Waals surface area contributed by atoms with Gasteiger partial charge in [-0.15, -0.1) is 0 Å². The number of fused-ring (bicyclic) bond motifs is 3. The van der Waals surface area contributed by atoms with E-state index in [0.29, 0.717) is 0 Å². The molecule has 1 heterocycles. The van der Waals surface area contributed by atoms with E-state index in [1.807, 2.05) is 0 Å². The number of phenols is 3. The fraction of sp³-hybridized carbons (Fsp3) is 0.455. The highest BCUT2D eigenvalue weighted by molar-refractivity contribution is 6.31. The van der Waals surface area contributed by atoms with Crippen molar-refractivity contribution in [1.82, 2.24) is 0 Å². The minimum Gasteiger partial charge on any atom is -0.507 e. The second-order valence-electron chi connectivity index (χ2n) is 11.9. The molecule has 1 aliphatic heterocycles. The van der Waals surface area contributed by atoms with E-state index in [1.165, 1.54) is 19.1 Å². The minimum absolute atomic E-state index is 0.170. The molecule has 1 saturated heterocycles. The lowest BCUT2D eigenvalue weighted by atomic mass is 9.66. The van der Waals surface area contributed by atoms with Gasteiger partial charge in [0.25, 0.3) is 0 Å².